The number of aromatic nitrogens is 2. The van der Waals surface area contributed by atoms with E-state index in [4.69, 9.17) is 26.8 Å². The van der Waals surface area contributed by atoms with Crippen molar-refractivity contribution in [2.24, 2.45) is 5.73 Å². The van der Waals surface area contributed by atoms with Gasteiger partial charge in [0.25, 0.3) is 5.91 Å². The molecule has 2 heterocycles. The van der Waals surface area contributed by atoms with Crippen molar-refractivity contribution in [3.05, 3.63) is 95.4 Å². The zero-order valence-corrected chi connectivity index (χ0v) is 18.2. The van der Waals surface area contributed by atoms with Crippen LogP contribution in [0.25, 0.3) is 5.69 Å². The molecule has 0 bridgehead atoms. The summed E-state index contributed by atoms with van der Waals surface area (Å²) in [4.78, 5) is 28.4. The number of carbonyl (C=O) groups excluding carboxylic acids is 2. The molecule has 9 heteroatoms. The third-order valence-corrected chi connectivity index (χ3v) is 5.03. The van der Waals surface area contributed by atoms with E-state index in [1.54, 1.807) is 42.5 Å². The Bertz CT molecular complexity index is 1300. The first-order valence-electron chi connectivity index (χ1n) is 9.80. The van der Waals surface area contributed by atoms with Crippen LogP contribution in [0.4, 0.5) is 5.69 Å². The molecule has 4 rings (SSSR count). The molecule has 3 N–H and O–H groups in total. The van der Waals surface area contributed by atoms with Gasteiger partial charge in [-0.05, 0) is 42.5 Å². The summed E-state index contributed by atoms with van der Waals surface area (Å²) >= 11 is 6.41. The highest BCUT2D eigenvalue weighted by molar-refractivity contribution is 6.33. The van der Waals surface area contributed by atoms with Crippen LogP contribution >= 0.6 is 11.6 Å². The number of carbonyl (C=O) groups is 2. The van der Waals surface area contributed by atoms with Gasteiger partial charge in [0.1, 0.15) is 11.5 Å². The average molecular weight is 463 g/mol. The predicted molar refractivity (Wildman–Crippen MR) is 125 cm³/mol. The second kappa shape index (κ2) is 9.46. The van der Waals surface area contributed by atoms with Crippen LogP contribution in [0.15, 0.2) is 79.3 Å². The Morgan fingerprint density at radius 1 is 1.06 bits per heavy atom. The van der Waals surface area contributed by atoms with Gasteiger partial charge < -0.3 is 25.1 Å². The monoisotopic (exact) mass is 462 g/mol. The van der Waals surface area contributed by atoms with E-state index in [2.05, 4.69) is 10.3 Å². The first-order valence-corrected chi connectivity index (χ1v) is 10.2. The van der Waals surface area contributed by atoms with Crippen molar-refractivity contribution < 1.29 is 19.1 Å². The lowest BCUT2D eigenvalue weighted by Gasteiger charge is -2.14. The summed E-state index contributed by atoms with van der Waals surface area (Å²) < 4.78 is 12.9. The number of anilines is 1. The van der Waals surface area contributed by atoms with Crippen molar-refractivity contribution in [3.63, 3.8) is 0 Å². The van der Waals surface area contributed by atoms with Crippen LogP contribution in [0.2, 0.25) is 5.02 Å². The maximum Gasteiger partial charge on any atom is 0.259 e. The quantitative estimate of drug-likeness (QED) is 0.414. The van der Waals surface area contributed by atoms with Gasteiger partial charge in [-0.1, -0.05) is 17.7 Å². The van der Waals surface area contributed by atoms with Gasteiger partial charge in [0.2, 0.25) is 11.8 Å². The predicted octanol–water partition coefficient (Wildman–Crippen LogP) is 4.68. The zero-order chi connectivity index (χ0) is 23.4. The Morgan fingerprint density at radius 2 is 1.85 bits per heavy atom. The van der Waals surface area contributed by atoms with Gasteiger partial charge in [-0.3, -0.25) is 9.59 Å². The van der Waals surface area contributed by atoms with Crippen molar-refractivity contribution in [1.29, 1.82) is 0 Å². The molecule has 8 nitrogen and oxygen atoms in total. The molecule has 0 saturated carbocycles. The molecule has 0 aliphatic carbocycles. The number of ether oxygens (including phenoxy) is 2. The first-order chi connectivity index (χ1) is 15.9. The number of methoxy groups -OCH3 is 1. The third kappa shape index (κ3) is 4.97. The van der Waals surface area contributed by atoms with Crippen LogP contribution in [0.5, 0.6) is 17.4 Å². The van der Waals surface area contributed by atoms with Crippen LogP contribution in [-0.4, -0.2) is 28.5 Å². The van der Waals surface area contributed by atoms with Crippen molar-refractivity contribution in [2.45, 2.75) is 0 Å². The van der Waals surface area contributed by atoms with E-state index >= 15 is 0 Å². The minimum absolute atomic E-state index is 0.280. The van der Waals surface area contributed by atoms with Gasteiger partial charge in [0.05, 0.1) is 35.3 Å². The molecule has 0 aliphatic heterocycles. The van der Waals surface area contributed by atoms with E-state index in [9.17, 15) is 9.59 Å². The maximum absolute atomic E-state index is 12.9. The number of nitrogens with two attached hydrogens (primary N) is 1. The second-order valence-electron chi connectivity index (χ2n) is 6.93. The van der Waals surface area contributed by atoms with Crippen LogP contribution < -0.4 is 20.5 Å². The standard InChI is InChI=1S/C24H19ClN4O4/c1-32-21-13-20(29-9-2-3-10-29)19(25)12-18(21)24(31)28-16-7-8-22(27-14-16)33-17-6-4-5-15(11-17)23(26)30/h2-14H,1H3,(H2,26,30)(H,28,31). The van der Waals surface area contributed by atoms with Crippen LogP contribution in [-0.2, 0) is 0 Å². The number of rotatable bonds is 7. The molecule has 2 amide bonds. The lowest BCUT2D eigenvalue weighted by molar-refractivity contribution is 0.0997. The number of pyridine rings is 1. The van der Waals surface area contributed by atoms with E-state index in [0.29, 0.717) is 33.5 Å². The minimum Gasteiger partial charge on any atom is -0.496 e. The average Bonchev–Trinajstić information content (AvgIpc) is 3.35. The van der Waals surface area contributed by atoms with Crippen LogP contribution in [0, 0.1) is 0 Å². The Morgan fingerprint density at radius 3 is 2.52 bits per heavy atom. The van der Waals surface area contributed by atoms with Crippen molar-refractivity contribution in [3.8, 4) is 23.1 Å². The molecule has 0 radical (unpaired) electrons. The summed E-state index contributed by atoms with van der Waals surface area (Å²) in [6.07, 6.45) is 5.15. The molecule has 33 heavy (non-hydrogen) atoms. The molecule has 2 aromatic heterocycles. The van der Waals surface area contributed by atoms with E-state index < -0.39 is 11.8 Å². The fourth-order valence-electron chi connectivity index (χ4n) is 3.13. The second-order valence-corrected chi connectivity index (χ2v) is 7.33. The highest BCUT2D eigenvalue weighted by Crippen LogP contribution is 2.31. The van der Waals surface area contributed by atoms with Gasteiger partial charge in [-0.2, -0.15) is 0 Å². The summed E-state index contributed by atoms with van der Waals surface area (Å²) in [5.74, 6) is 0.118. The zero-order valence-electron chi connectivity index (χ0n) is 17.5. The molecule has 0 saturated heterocycles. The molecule has 4 aromatic rings. The van der Waals surface area contributed by atoms with Gasteiger partial charge in [0, 0.05) is 30.1 Å². The van der Waals surface area contributed by atoms with Crippen molar-refractivity contribution >= 4 is 29.1 Å². The van der Waals surface area contributed by atoms with E-state index in [1.807, 2.05) is 29.1 Å². The Hall–Kier alpha value is -4.30. The molecular weight excluding hydrogens is 444 g/mol. The topological polar surface area (TPSA) is 108 Å². The molecule has 0 aliphatic rings. The van der Waals surface area contributed by atoms with E-state index in [-0.39, 0.29) is 11.4 Å². The maximum atomic E-state index is 12.9. The Balaban J connectivity index is 1.49. The van der Waals surface area contributed by atoms with E-state index in [1.165, 1.54) is 19.4 Å². The number of benzene rings is 2. The van der Waals surface area contributed by atoms with Gasteiger partial charge in [0.15, 0.2) is 0 Å². The summed E-state index contributed by atoms with van der Waals surface area (Å²) in [7, 11) is 1.49. The normalized spacial score (nSPS) is 10.5. The molecule has 166 valence electrons. The number of amides is 2. The molecule has 0 unspecified atom stereocenters. The summed E-state index contributed by atoms with van der Waals surface area (Å²) in [5, 5.41) is 3.17. The number of nitrogens with zero attached hydrogens (tertiary/aromatic N) is 2. The number of hydrogen-bond acceptors (Lipinski definition) is 5. The van der Waals surface area contributed by atoms with Crippen LogP contribution in [0.3, 0.4) is 0 Å². The fourth-order valence-corrected chi connectivity index (χ4v) is 3.39. The Kier molecular flexibility index (Phi) is 6.28. The SMILES string of the molecule is COc1cc(-n2cccc2)c(Cl)cc1C(=O)Nc1ccc(Oc2cccc(C(N)=O)c2)nc1. The summed E-state index contributed by atoms with van der Waals surface area (Å²) in [5.41, 5.74) is 7.03. The number of nitrogens with one attached hydrogen (secondary N) is 1. The molecule has 2 aromatic carbocycles. The third-order valence-electron chi connectivity index (χ3n) is 4.73. The van der Waals surface area contributed by atoms with Crippen molar-refractivity contribution in [2.75, 3.05) is 12.4 Å². The van der Waals surface area contributed by atoms with Crippen LogP contribution in [0.1, 0.15) is 20.7 Å². The smallest absolute Gasteiger partial charge is 0.259 e. The van der Waals surface area contributed by atoms with Gasteiger partial charge in [-0.15, -0.1) is 0 Å². The number of hydrogen-bond donors (Lipinski definition) is 2. The van der Waals surface area contributed by atoms with E-state index in [0.717, 1.165) is 0 Å². The number of halogens is 1. The lowest BCUT2D eigenvalue weighted by atomic mass is 10.1. The van der Waals surface area contributed by atoms with Gasteiger partial charge in [-0.25, -0.2) is 4.98 Å². The molecule has 0 atom stereocenters. The molecular formula is C24H19ClN4O4. The first kappa shape index (κ1) is 21.9. The summed E-state index contributed by atoms with van der Waals surface area (Å²) in [6.45, 7) is 0. The minimum atomic E-state index is -0.552. The molecule has 0 fully saturated rings. The van der Waals surface area contributed by atoms with Gasteiger partial charge >= 0.3 is 0 Å². The largest absolute Gasteiger partial charge is 0.496 e. The molecule has 0 spiro atoms. The van der Waals surface area contributed by atoms with Crippen molar-refractivity contribution in [1.82, 2.24) is 9.55 Å². The highest BCUT2D eigenvalue weighted by atomic mass is 35.5. The Labute approximate surface area is 194 Å². The fraction of sp³-hybridized carbons (Fsp3) is 0.0417. The lowest BCUT2D eigenvalue weighted by Crippen LogP contribution is -2.14. The summed E-state index contributed by atoms with van der Waals surface area (Å²) in [6, 6.07) is 16.7. The highest BCUT2D eigenvalue weighted by Gasteiger charge is 2.17. The number of primary amides is 1.